The molecule has 6 heteroatoms. The van der Waals surface area contributed by atoms with Crippen molar-refractivity contribution in [3.63, 3.8) is 0 Å². The molecule has 0 amide bonds. The lowest BCUT2D eigenvalue weighted by atomic mass is 10.0. The maximum Gasteiger partial charge on any atom is 0.167 e. The Morgan fingerprint density at radius 3 is 1.65 bits per heavy atom. The van der Waals surface area contributed by atoms with Gasteiger partial charge >= 0.3 is 0 Å². The van der Waals surface area contributed by atoms with Crippen LogP contribution in [-0.2, 0) is 0 Å². The number of furan rings is 2. The van der Waals surface area contributed by atoms with Crippen LogP contribution in [0.5, 0.6) is 0 Å². The van der Waals surface area contributed by atoms with E-state index in [2.05, 4.69) is 138 Å². The highest BCUT2D eigenvalue weighted by atomic mass is 16.3. The van der Waals surface area contributed by atoms with Gasteiger partial charge in [0.05, 0.1) is 5.56 Å². The van der Waals surface area contributed by atoms with E-state index in [1.165, 1.54) is 0 Å². The van der Waals surface area contributed by atoms with E-state index in [1.807, 2.05) is 60.7 Å². The molecule has 3 heterocycles. The van der Waals surface area contributed by atoms with Gasteiger partial charge in [-0.25, -0.2) is 15.0 Å². The number of hydrogen-bond donors (Lipinski definition) is 0. The van der Waals surface area contributed by atoms with E-state index in [0.717, 1.165) is 88.8 Å². The largest absolute Gasteiger partial charge is 0.456 e. The van der Waals surface area contributed by atoms with Gasteiger partial charge < -0.3 is 13.7 Å². The molecule has 0 atom stereocenters. The van der Waals surface area contributed by atoms with E-state index < -0.39 is 0 Å². The van der Waals surface area contributed by atoms with Crippen LogP contribution in [0.2, 0.25) is 0 Å². The van der Waals surface area contributed by atoms with Gasteiger partial charge in [0.1, 0.15) is 22.3 Å². The third kappa shape index (κ3) is 5.70. The second kappa shape index (κ2) is 13.5. The van der Waals surface area contributed by atoms with Gasteiger partial charge in [0.15, 0.2) is 17.5 Å². The van der Waals surface area contributed by atoms with Gasteiger partial charge in [-0.15, -0.1) is 0 Å². The lowest BCUT2D eigenvalue weighted by Gasteiger charge is -2.25. The molecule has 0 bridgehead atoms. The first-order valence-electron chi connectivity index (χ1n) is 18.9. The minimum atomic E-state index is 0.528. The SMILES string of the molecule is c1ccc(-c2ccc(-c3nc(-c4cccc5c4oc4ccccc45)nc(-c4cccc5oc6cc(N(c7ccccc7)c7ccccc7)ccc6c45)n3)cc2)cc1. The van der Waals surface area contributed by atoms with Crippen molar-refractivity contribution in [2.24, 2.45) is 0 Å². The standard InChI is InChI=1S/C51H32N4O2/c1-4-14-33(15-5-1)34-26-28-35(29-27-34)49-52-50(54-51(53-49)43-23-12-21-40-39-20-10-11-24-44(39)57-48(40)43)42-22-13-25-45-47(42)41-31-30-38(32-46(41)56-45)55(36-16-6-2-7-17-36)37-18-8-3-9-19-37/h1-32H. The van der Waals surface area contributed by atoms with Crippen molar-refractivity contribution < 1.29 is 8.83 Å². The van der Waals surface area contributed by atoms with Gasteiger partial charge in [-0.2, -0.15) is 0 Å². The summed E-state index contributed by atoms with van der Waals surface area (Å²) in [6, 6.07) is 66.2. The molecule has 0 aliphatic heterocycles. The second-order valence-electron chi connectivity index (χ2n) is 14.0. The molecule has 0 radical (unpaired) electrons. The summed E-state index contributed by atoms with van der Waals surface area (Å²) in [4.78, 5) is 17.8. The minimum absolute atomic E-state index is 0.528. The van der Waals surface area contributed by atoms with Crippen LogP contribution in [0.25, 0.3) is 89.2 Å². The van der Waals surface area contributed by atoms with Crippen LogP contribution < -0.4 is 4.90 Å². The zero-order valence-corrected chi connectivity index (χ0v) is 30.6. The first-order chi connectivity index (χ1) is 28.2. The average molecular weight is 733 g/mol. The van der Waals surface area contributed by atoms with E-state index >= 15 is 0 Å². The number of hydrogen-bond acceptors (Lipinski definition) is 6. The van der Waals surface area contributed by atoms with Crippen molar-refractivity contribution in [2.45, 2.75) is 0 Å². The van der Waals surface area contributed by atoms with Crippen LogP contribution >= 0.6 is 0 Å². The molecule has 6 nitrogen and oxygen atoms in total. The van der Waals surface area contributed by atoms with Crippen molar-refractivity contribution >= 4 is 60.9 Å². The normalized spacial score (nSPS) is 11.5. The third-order valence-electron chi connectivity index (χ3n) is 10.5. The van der Waals surface area contributed by atoms with E-state index in [9.17, 15) is 0 Å². The van der Waals surface area contributed by atoms with Gasteiger partial charge in [0, 0.05) is 55.8 Å². The quantitative estimate of drug-likeness (QED) is 0.162. The summed E-state index contributed by atoms with van der Waals surface area (Å²) in [5.74, 6) is 1.64. The second-order valence-corrected chi connectivity index (χ2v) is 14.0. The highest BCUT2D eigenvalue weighted by Gasteiger charge is 2.21. The molecule has 11 aromatic rings. The van der Waals surface area contributed by atoms with E-state index in [0.29, 0.717) is 17.5 Å². The molecule has 0 aliphatic carbocycles. The molecule has 0 N–H and O–H groups in total. The van der Waals surface area contributed by atoms with Crippen molar-refractivity contribution in [1.29, 1.82) is 0 Å². The van der Waals surface area contributed by atoms with Gasteiger partial charge in [-0.3, -0.25) is 0 Å². The molecule has 0 fully saturated rings. The Morgan fingerprint density at radius 1 is 0.333 bits per heavy atom. The molecule has 0 aliphatic rings. The summed E-state index contributed by atoms with van der Waals surface area (Å²) in [5.41, 5.74) is 11.0. The van der Waals surface area contributed by atoms with Gasteiger partial charge in [0.25, 0.3) is 0 Å². The molecule has 3 aromatic heterocycles. The summed E-state index contributed by atoms with van der Waals surface area (Å²) in [6.45, 7) is 0. The smallest absolute Gasteiger partial charge is 0.167 e. The van der Waals surface area contributed by atoms with Crippen LogP contribution in [-0.4, -0.2) is 15.0 Å². The average Bonchev–Trinajstić information content (AvgIpc) is 3.86. The molecule has 57 heavy (non-hydrogen) atoms. The Bertz CT molecular complexity index is 3190. The molecule has 268 valence electrons. The highest BCUT2D eigenvalue weighted by molar-refractivity contribution is 6.13. The first kappa shape index (κ1) is 32.6. The van der Waals surface area contributed by atoms with E-state index in [-0.39, 0.29) is 0 Å². The van der Waals surface area contributed by atoms with Crippen molar-refractivity contribution in [1.82, 2.24) is 15.0 Å². The molecule has 0 saturated carbocycles. The zero-order chi connectivity index (χ0) is 37.7. The van der Waals surface area contributed by atoms with Crippen LogP contribution in [0.15, 0.2) is 203 Å². The molecule has 0 unspecified atom stereocenters. The molecular formula is C51H32N4O2. The molecule has 0 saturated heterocycles. The fraction of sp³-hybridized carbons (Fsp3) is 0. The van der Waals surface area contributed by atoms with Crippen LogP contribution in [0, 0.1) is 0 Å². The number of rotatable bonds is 7. The molecule has 0 spiro atoms. The minimum Gasteiger partial charge on any atom is -0.456 e. The number of benzene rings is 8. The Hall–Kier alpha value is -7.83. The Morgan fingerprint density at radius 2 is 0.895 bits per heavy atom. The van der Waals surface area contributed by atoms with E-state index in [4.69, 9.17) is 23.8 Å². The Kier molecular flexibility index (Phi) is 7.71. The topological polar surface area (TPSA) is 68.2 Å². The van der Waals surface area contributed by atoms with Gasteiger partial charge in [0.2, 0.25) is 0 Å². The predicted molar refractivity (Wildman–Crippen MR) is 231 cm³/mol. The summed E-state index contributed by atoms with van der Waals surface area (Å²) in [7, 11) is 0. The molecule has 8 aromatic carbocycles. The summed E-state index contributed by atoms with van der Waals surface area (Å²) >= 11 is 0. The lowest BCUT2D eigenvalue weighted by Crippen LogP contribution is -2.09. The number of fused-ring (bicyclic) bond motifs is 6. The van der Waals surface area contributed by atoms with Gasteiger partial charge in [-0.05, 0) is 65.7 Å². The molecular weight excluding hydrogens is 701 g/mol. The Balaban J connectivity index is 1.10. The lowest BCUT2D eigenvalue weighted by molar-refractivity contribution is 0.668. The maximum atomic E-state index is 6.64. The van der Waals surface area contributed by atoms with Crippen LogP contribution in [0.4, 0.5) is 17.1 Å². The van der Waals surface area contributed by atoms with Crippen molar-refractivity contribution in [2.75, 3.05) is 4.90 Å². The maximum absolute atomic E-state index is 6.64. The Labute approximate surface area is 328 Å². The molecule has 11 rings (SSSR count). The first-order valence-corrected chi connectivity index (χ1v) is 18.9. The number of para-hydroxylation sites is 4. The number of anilines is 3. The predicted octanol–water partition coefficient (Wildman–Crippen LogP) is 13.8. The monoisotopic (exact) mass is 732 g/mol. The third-order valence-corrected chi connectivity index (χ3v) is 10.5. The zero-order valence-electron chi connectivity index (χ0n) is 30.6. The van der Waals surface area contributed by atoms with Gasteiger partial charge in [-0.1, -0.05) is 133 Å². The number of nitrogens with zero attached hydrogens (tertiary/aromatic N) is 4. The summed E-state index contributed by atoms with van der Waals surface area (Å²) < 4.78 is 13.1. The van der Waals surface area contributed by atoms with Crippen LogP contribution in [0.3, 0.4) is 0 Å². The highest BCUT2D eigenvalue weighted by Crippen LogP contribution is 2.42. The fourth-order valence-electron chi connectivity index (χ4n) is 7.85. The van der Waals surface area contributed by atoms with Crippen LogP contribution in [0.1, 0.15) is 0 Å². The number of aromatic nitrogens is 3. The van der Waals surface area contributed by atoms with Crippen molar-refractivity contribution in [3.05, 3.63) is 194 Å². The summed E-state index contributed by atoms with van der Waals surface area (Å²) in [6.07, 6.45) is 0. The fourth-order valence-corrected chi connectivity index (χ4v) is 7.85. The van der Waals surface area contributed by atoms with Crippen molar-refractivity contribution in [3.8, 4) is 45.3 Å². The van der Waals surface area contributed by atoms with E-state index in [1.54, 1.807) is 0 Å². The summed E-state index contributed by atoms with van der Waals surface area (Å²) in [5, 5.41) is 3.97.